The Balaban J connectivity index is 1.92. The predicted octanol–water partition coefficient (Wildman–Crippen LogP) is 4.50. The molecule has 0 radical (unpaired) electrons. The number of alkyl halides is 6. The monoisotopic (exact) mass is 478 g/mol. The summed E-state index contributed by atoms with van der Waals surface area (Å²) in [6.45, 7) is 1.78. The van der Waals surface area contributed by atoms with Crippen LogP contribution in [0.5, 0.6) is 0 Å². The Kier molecular flexibility index (Phi) is 6.53. The summed E-state index contributed by atoms with van der Waals surface area (Å²) in [5, 5.41) is 11.7. The number of amides is 1. The third-order valence-corrected chi connectivity index (χ3v) is 5.17. The van der Waals surface area contributed by atoms with Crippen LogP contribution in [0.15, 0.2) is 29.4 Å². The van der Waals surface area contributed by atoms with Crippen LogP contribution in [0.3, 0.4) is 0 Å². The minimum Gasteiger partial charge on any atom is -0.370 e. The molecule has 3 aromatic rings. The van der Waals surface area contributed by atoms with Crippen molar-refractivity contribution >= 4 is 34.8 Å². The molecule has 3 rings (SSSR count). The van der Waals surface area contributed by atoms with Gasteiger partial charge in [-0.25, -0.2) is 4.98 Å². The largest absolute Gasteiger partial charge is 0.435 e. The van der Waals surface area contributed by atoms with E-state index in [9.17, 15) is 31.1 Å². The van der Waals surface area contributed by atoms with Gasteiger partial charge in [-0.05, 0) is 24.0 Å². The molecule has 0 fully saturated rings. The van der Waals surface area contributed by atoms with E-state index < -0.39 is 29.5 Å². The number of halogens is 6. The molecule has 0 saturated carbocycles. The first kappa shape index (κ1) is 23.6. The van der Waals surface area contributed by atoms with Gasteiger partial charge in [0.15, 0.2) is 11.5 Å². The van der Waals surface area contributed by atoms with Crippen molar-refractivity contribution in [1.29, 1.82) is 0 Å². The topological polar surface area (TPSA) is 84.2 Å². The summed E-state index contributed by atoms with van der Waals surface area (Å²) in [5.41, 5.74) is -2.01. The number of pyridine rings is 1. The molecule has 3 heterocycles. The van der Waals surface area contributed by atoms with Crippen LogP contribution in [-0.4, -0.2) is 38.3 Å². The molecule has 0 aliphatic rings. The van der Waals surface area contributed by atoms with Gasteiger partial charge in [0.1, 0.15) is 10.7 Å². The van der Waals surface area contributed by atoms with Crippen LogP contribution in [0, 0.1) is 0 Å². The highest BCUT2D eigenvalue weighted by atomic mass is 32.2. The standard InChI is InChI=1S/C18H16F6N6OS/c1-3-32-16-11(26-13-5-4-9(8-30(13)16)17(19,20)21)7-14(31)27-10-6-12(18(22,23)24)28-29-15(10)25-2/h4-6,8H,3,7H2,1-2H3,(H,25,29)(H,27,28,31). The number of thioether (sulfide) groups is 1. The van der Waals surface area contributed by atoms with Gasteiger partial charge in [-0.2, -0.15) is 26.3 Å². The molecule has 7 nitrogen and oxygen atoms in total. The fourth-order valence-electron chi connectivity index (χ4n) is 2.80. The molecule has 0 aliphatic carbocycles. The maximum atomic E-state index is 13.1. The Bertz CT molecular complexity index is 1140. The van der Waals surface area contributed by atoms with Crippen LogP contribution < -0.4 is 10.6 Å². The lowest BCUT2D eigenvalue weighted by molar-refractivity contribution is -0.141. The molecule has 0 saturated heterocycles. The Morgan fingerprint density at radius 2 is 1.84 bits per heavy atom. The van der Waals surface area contributed by atoms with Crippen molar-refractivity contribution in [2.24, 2.45) is 0 Å². The molecule has 0 spiro atoms. The van der Waals surface area contributed by atoms with Crippen molar-refractivity contribution in [3.8, 4) is 0 Å². The zero-order valence-corrected chi connectivity index (χ0v) is 17.4. The second kappa shape index (κ2) is 8.84. The molecule has 3 aromatic heterocycles. The minimum atomic E-state index is -4.76. The van der Waals surface area contributed by atoms with Crippen molar-refractivity contribution in [3.63, 3.8) is 0 Å². The first-order valence-corrected chi connectivity index (χ1v) is 10.1. The summed E-state index contributed by atoms with van der Waals surface area (Å²) in [6.07, 6.45) is -8.80. The second-order valence-corrected chi connectivity index (χ2v) is 7.66. The third-order valence-electron chi connectivity index (χ3n) is 4.17. The molecule has 0 bridgehead atoms. The van der Waals surface area contributed by atoms with E-state index in [0.29, 0.717) is 16.8 Å². The Hall–Kier alpha value is -3.03. The van der Waals surface area contributed by atoms with E-state index in [1.54, 1.807) is 6.92 Å². The average molecular weight is 478 g/mol. The van der Waals surface area contributed by atoms with Gasteiger partial charge in [0.25, 0.3) is 0 Å². The highest BCUT2D eigenvalue weighted by molar-refractivity contribution is 7.99. The molecule has 0 unspecified atom stereocenters. The number of aromatic nitrogens is 4. The number of nitrogens with zero attached hydrogens (tertiary/aromatic N) is 4. The quantitative estimate of drug-likeness (QED) is 0.401. The number of hydrogen-bond donors (Lipinski definition) is 2. The van der Waals surface area contributed by atoms with Gasteiger partial charge in [0.2, 0.25) is 5.91 Å². The number of anilines is 2. The van der Waals surface area contributed by atoms with Crippen molar-refractivity contribution < 1.29 is 31.1 Å². The molecule has 2 N–H and O–H groups in total. The van der Waals surface area contributed by atoms with Crippen LogP contribution in [-0.2, 0) is 23.6 Å². The summed E-state index contributed by atoms with van der Waals surface area (Å²) in [7, 11) is 1.39. The van der Waals surface area contributed by atoms with Crippen molar-refractivity contribution in [3.05, 3.63) is 41.3 Å². The number of carbonyl (C=O) groups is 1. The van der Waals surface area contributed by atoms with Crippen LogP contribution in [0.2, 0.25) is 0 Å². The molecule has 1 amide bonds. The highest BCUT2D eigenvalue weighted by Crippen LogP contribution is 2.33. The zero-order chi connectivity index (χ0) is 23.7. The lowest BCUT2D eigenvalue weighted by atomic mass is 10.2. The molecular weight excluding hydrogens is 462 g/mol. The second-order valence-electron chi connectivity index (χ2n) is 6.40. The van der Waals surface area contributed by atoms with Gasteiger partial charge in [-0.1, -0.05) is 6.92 Å². The number of rotatable bonds is 6. The molecule has 14 heteroatoms. The van der Waals surface area contributed by atoms with E-state index in [4.69, 9.17) is 0 Å². The molecule has 0 atom stereocenters. The highest BCUT2D eigenvalue weighted by Gasteiger charge is 2.34. The van der Waals surface area contributed by atoms with E-state index in [0.717, 1.165) is 12.3 Å². The fraction of sp³-hybridized carbons (Fsp3) is 0.333. The molecule has 0 aliphatic heterocycles. The Morgan fingerprint density at radius 1 is 1.12 bits per heavy atom. The van der Waals surface area contributed by atoms with E-state index in [2.05, 4.69) is 25.8 Å². The molecule has 172 valence electrons. The van der Waals surface area contributed by atoms with Gasteiger partial charge in [0, 0.05) is 13.2 Å². The van der Waals surface area contributed by atoms with Crippen LogP contribution >= 0.6 is 11.8 Å². The zero-order valence-electron chi connectivity index (χ0n) is 16.6. The smallest absolute Gasteiger partial charge is 0.370 e. The SMILES string of the molecule is CCSc1c(CC(=O)Nc2cc(C(F)(F)F)nnc2NC)nc2ccc(C(F)(F)F)cn12. The van der Waals surface area contributed by atoms with E-state index in [1.165, 1.54) is 29.3 Å². The van der Waals surface area contributed by atoms with Gasteiger partial charge in [-0.15, -0.1) is 22.0 Å². The number of hydrogen-bond acceptors (Lipinski definition) is 6. The number of imidazole rings is 1. The lowest BCUT2D eigenvalue weighted by Gasteiger charge is -2.12. The van der Waals surface area contributed by atoms with Crippen molar-refractivity contribution in [2.45, 2.75) is 30.7 Å². The summed E-state index contributed by atoms with van der Waals surface area (Å²) in [6, 6.07) is 2.70. The van der Waals surface area contributed by atoms with Crippen LogP contribution in [0.1, 0.15) is 23.9 Å². The summed E-state index contributed by atoms with van der Waals surface area (Å²) < 4.78 is 79.3. The molecule has 32 heavy (non-hydrogen) atoms. The fourth-order valence-corrected chi connectivity index (χ4v) is 3.64. The first-order chi connectivity index (χ1) is 14.9. The van der Waals surface area contributed by atoms with Crippen molar-refractivity contribution in [1.82, 2.24) is 19.6 Å². The summed E-state index contributed by atoms with van der Waals surface area (Å²) in [4.78, 5) is 16.8. The third kappa shape index (κ3) is 5.06. The van der Waals surface area contributed by atoms with E-state index >= 15 is 0 Å². The Labute approximate surface area is 181 Å². The number of carbonyl (C=O) groups excluding carboxylic acids is 1. The molecular formula is C18H16F6N6OS. The average Bonchev–Trinajstić information content (AvgIpc) is 3.03. The molecule has 0 aromatic carbocycles. The first-order valence-electron chi connectivity index (χ1n) is 9.07. The number of fused-ring (bicyclic) bond motifs is 1. The minimum absolute atomic E-state index is 0.0840. The van der Waals surface area contributed by atoms with Gasteiger partial charge < -0.3 is 10.6 Å². The maximum Gasteiger partial charge on any atom is 0.435 e. The number of nitrogens with one attached hydrogen (secondary N) is 2. The van der Waals surface area contributed by atoms with Crippen molar-refractivity contribution in [2.75, 3.05) is 23.4 Å². The van der Waals surface area contributed by atoms with E-state index in [-0.39, 0.29) is 29.3 Å². The lowest BCUT2D eigenvalue weighted by Crippen LogP contribution is -2.18. The van der Waals surface area contributed by atoms with E-state index in [1.807, 2.05) is 0 Å². The van der Waals surface area contributed by atoms with Crippen LogP contribution in [0.25, 0.3) is 5.65 Å². The Morgan fingerprint density at radius 3 is 2.44 bits per heavy atom. The van der Waals surface area contributed by atoms with Crippen LogP contribution in [0.4, 0.5) is 37.8 Å². The van der Waals surface area contributed by atoms with Gasteiger partial charge >= 0.3 is 12.4 Å². The summed E-state index contributed by atoms with van der Waals surface area (Å²) in [5.74, 6) is -0.314. The van der Waals surface area contributed by atoms with Gasteiger partial charge in [-0.3, -0.25) is 9.20 Å². The maximum absolute atomic E-state index is 13.1. The van der Waals surface area contributed by atoms with Gasteiger partial charge in [0.05, 0.1) is 23.4 Å². The summed E-state index contributed by atoms with van der Waals surface area (Å²) >= 11 is 1.19. The predicted molar refractivity (Wildman–Crippen MR) is 106 cm³/mol. The normalized spacial score (nSPS) is 12.2.